The van der Waals surface area contributed by atoms with E-state index in [1.807, 2.05) is 60.0 Å². The molecule has 0 aliphatic heterocycles. The van der Waals surface area contributed by atoms with Crippen LogP contribution in [0.3, 0.4) is 0 Å². The van der Waals surface area contributed by atoms with Gasteiger partial charge >= 0.3 is 0 Å². The molecule has 1 aromatic heterocycles. The third-order valence-corrected chi connectivity index (χ3v) is 6.38. The van der Waals surface area contributed by atoms with Gasteiger partial charge < -0.3 is 4.74 Å². The molecule has 0 atom stereocenters. The Hall–Kier alpha value is -4.51. The van der Waals surface area contributed by atoms with Crippen molar-refractivity contribution < 1.29 is 14.5 Å². The summed E-state index contributed by atoms with van der Waals surface area (Å²) in [6.07, 6.45) is 0. The number of hydrazone groups is 1. The van der Waals surface area contributed by atoms with Gasteiger partial charge in [-0.2, -0.15) is 5.10 Å². The molecule has 0 unspecified atom stereocenters. The van der Waals surface area contributed by atoms with Crippen LogP contribution in [0.1, 0.15) is 18.1 Å². The Labute approximate surface area is 217 Å². The standard InChI is InChI=1S/C26H24N6O4S/c1-17-4-6-20(7-5-17)25-29-30-26(31(25)21-12-14-23(36-3)15-13-21)37-16-24(33)28-27-18(2)19-8-10-22(11-9-19)32(34)35/h4-15H,16H2,1-3H3,(H,28,33). The lowest BCUT2D eigenvalue weighted by atomic mass is 10.1. The van der Waals surface area contributed by atoms with Crippen LogP contribution in [0, 0.1) is 17.0 Å². The largest absolute Gasteiger partial charge is 0.497 e. The number of aryl methyl sites for hydroxylation is 1. The van der Waals surface area contributed by atoms with Crippen molar-refractivity contribution in [1.82, 2.24) is 20.2 Å². The lowest BCUT2D eigenvalue weighted by Gasteiger charge is -2.11. The number of nitro groups is 1. The van der Waals surface area contributed by atoms with Gasteiger partial charge in [0.1, 0.15) is 5.75 Å². The highest BCUT2D eigenvalue weighted by Gasteiger charge is 2.17. The summed E-state index contributed by atoms with van der Waals surface area (Å²) in [6, 6.07) is 21.4. The fourth-order valence-corrected chi connectivity index (χ4v) is 4.16. The Morgan fingerprint density at radius 2 is 1.73 bits per heavy atom. The highest BCUT2D eigenvalue weighted by atomic mass is 32.2. The molecule has 4 aromatic rings. The zero-order valence-electron chi connectivity index (χ0n) is 20.4. The number of nitrogens with zero attached hydrogens (tertiary/aromatic N) is 5. The van der Waals surface area contributed by atoms with Gasteiger partial charge in [-0.3, -0.25) is 19.5 Å². The number of carbonyl (C=O) groups is 1. The van der Waals surface area contributed by atoms with Crippen molar-refractivity contribution in [2.24, 2.45) is 5.10 Å². The number of non-ortho nitro benzene ring substituents is 1. The van der Waals surface area contributed by atoms with E-state index in [0.717, 1.165) is 22.6 Å². The minimum absolute atomic E-state index is 0.0111. The van der Waals surface area contributed by atoms with Gasteiger partial charge in [0.25, 0.3) is 11.6 Å². The molecule has 188 valence electrons. The molecule has 4 rings (SSSR count). The maximum atomic E-state index is 12.5. The van der Waals surface area contributed by atoms with E-state index in [2.05, 4.69) is 20.7 Å². The predicted octanol–water partition coefficient (Wildman–Crippen LogP) is 4.79. The van der Waals surface area contributed by atoms with Crippen LogP contribution < -0.4 is 10.2 Å². The van der Waals surface area contributed by atoms with Crippen LogP contribution in [0.15, 0.2) is 83.1 Å². The Morgan fingerprint density at radius 1 is 1.05 bits per heavy atom. The smallest absolute Gasteiger partial charge is 0.269 e. The van der Waals surface area contributed by atoms with E-state index in [9.17, 15) is 14.9 Å². The van der Waals surface area contributed by atoms with E-state index in [1.54, 1.807) is 26.2 Å². The van der Waals surface area contributed by atoms with E-state index >= 15 is 0 Å². The molecular formula is C26H24N6O4S. The summed E-state index contributed by atoms with van der Waals surface area (Å²) in [4.78, 5) is 22.9. The molecule has 0 aliphatic carbocycles. The van der Waals surface area contributed by atoms with Crippen LogP contribution in [0.5, 0.6) is 5.75 Å². The van der Waals surface area contributed by atoms with Crippen molar-refractivity contribution in [2.75, 3.05) is 12.9 Å². The fraction of sp³-hybridized carbons (Fsp3) is 0.154. The molecule has 0 saturated heterocycles. The normalized spacial score (nSPS) is 11.3. The molecule has 0 radical (unpaired) electrons. The lowest BCUT2D eigenvalue weighted by molar-refractivity contribution is -0.384. The van der Waals surface area contributed by atoms with Crippen LogP contribution in [0.25, 0.3) is 17.1 Å². The number of hydrogen-bond acceptors (Lipinski definition) is 8. The molecule has 10 nitrogen and oxygen atoms in total. The van der Waals surface area contributed by atoms with Crippen molar-refractivity contribution in [3.05, 3.63) is 94.0 Å². The average Bonchev–Trinajstić information content (AvgIpc) is 3.35. The van der Waals surface area contributed by atoms with Crippen LogP contribution >= 0.6 is 11.8 Å². The summed E-state index contributed by atoms with van der Waals surface area (Å²) >= 11 is 1.23. The number of nitrogens with one attached hydrogen (secondary N) is 1. The van der Waals surface area contributed by atoms with Gasteiger partial charge in [-0.05, 0) is 55.8 Å². The van der Waals surface area contributed by atoms with Crippen LogP contribution in [-0.4, -0.2) is 44.2 Å². The van der Waals surface area contributed by atoms with Gasteiger partial charge in [0.2, 0.25) is 0 Å². The second-order valence-corrected chi connectivity index (χ2v) is 8.97. The molecule has 0 fully saturated rings. The summed E-state index contributed by atoms with van der Waals surface area (Å²) in [5.41, 5.74) is 6.57. The molecular weight excluding hydrogens is 492 g/mol. The molecule has 0 aliphatic rings. The molecule has 1 amide bonds. The van der Waals surface area contributed by atoms with Gasteiger partial charge in [-0.25, -0.2) is 5.43 Å². The highest BCUT2D eigenvalue weighted by Crippen LogP contribution is 2.29. The van der Waals surface area contributed by atoms with Crippen LogP contribution in [-0.2, 0) is 4.79 Å². The number of hydrogen-bond donors (Lipinski definition) is 1. The highest BCUT2D eigenvalue weighted by molar-refractivity contribution is 7.99. The van der Waals surface area contributed by atoms with Crippen molar-refractivity contribution in [2.45, 2.75) is 19.0 Å². The van der Waals surface area contributed by atoms with Crippen molar-refractivity contribution in [3.8, 4) is 22.8 Å². The summed E-state index contributed by atoms with van der Waals surface area (Å²) in [5.74, 6) is 1.11. The molecule has 11 heteroatoms. The summed E-state index contributed by atoms with van der Waals surface area (Å²) in [7, 11) is 1.61. The Kier molecular flexibility index (Phi) is 7.94. The molecule has 37 heavy (non-hydrogen) atoms. The number of benzene rings is 3. The molecule has 0 saturated carbocycles. The topological polar surface area (TPSA) is 125 Å². The van der Waals surface area contributed by atoms with E-state index in [1.165, 1.54) is 23.9 Å². The Bertz CT molecular complexity index is 1430. The number of aromatic nitrogens is 3. The summed E-state index contributed by atoms with van der Waals surface area (Å²) in [5, 5.41) is 24.2. The first kappa shape index (κ1) is 25.6. The van der Waals surface area contributed by atoms with Gasteiger partial charge in [0.15, 0.2) is 11.0 Å². The molecule has 0 spiro atoms. The molecule has 1 heterocycles. The van der Waals surface area contributed by atoms with Crippen LogP contribution in [0.4, 0.5) is 5.69 Å². The first-order chi connectivity index (χ1) is 17.9. The zero-order valence-corrected chi connectivity index (χ0v) is 21.2. The van der Waals surface area contributed by atoms with Crippen LogP contribution in [0.2, 0.25) is 0 Å². The number of methoxy groups -OCH3 is 1. The molecule has 1 N–H and O–H groups in total. The first-order valence-corrected chi connectivity index (χ1v) is 12.2. The number of ether oxygens (including phenoxy) is 1. The van der Waals surface area contributed by atoms with Crippen molar-refractivity contribution >= 4 is 29.1 Å². The number of nitro benzene ring substituents is 1. The van der Waals surface area contributed by atoms with Gasteiger partial charge in [-0.1, -0.05) is 41.6 Å². The number of carbonyl (C=O) groups excluding carboxylic acids is 1. The molecule has 0 bridgehead atoms. The van der Waals surface area contributed by atoms with Gasteiger partial charge in [0.05, 0.1) is 23.5 Å². The minimum atomic E-state index is -0.468. The molecule has 3 aromatic carbocycles. The maximum Gasteiger partial charge on any atom is 0.269 e. The average molecular weight is 517 g/mol. The second kappa shape index (κ2) is 11.5. The minimum Gasteiger partial charge on any atom is -0.497 e. The summed E-state index contributed by atoms with van der Waals surface area (Å²) in [6.45, 7) is 3.73. The SMILES string of the molecule is COc1ccc(-n2c(SCC(=O)NN=C(C)c3ccc([N+](=O)[O-])cc3)nnc2-c2ccc(C)cc2)cc1. The van der Waals surface area contributed by atoms with E-state index in [0.29, 0.717) is 22.3 Å². The summed E-state index contributed by atoms with van der Waals surface area (Å²) < 4.78 is 7.17. The Balaban J connectivity index is 1.51. The van der Waals surface area contributed by atoms with E-state index in [4.69, 9.17) is 4.74 Å². The second-order valence-electron chi connectivity index (χ2n) is 8.03. The maximum absolute atomic E-state index is 12.5. The first-order valence-electron chi connectivity index (χ1n) is 11.2. The number of rotatable bonds is 9. The predicted molar refractivity (Wildman–Crippen MR) is 142 cm³/mol. The van der Waals surface area contributed by atoms with Gasteiger partial charge in [-0.15, -0.1) is 10.2 Å². The quantitative estimate of drug-likeness (QED) is 0.147. The zero-order chi connectivity index (χ0) is 26.4. The van der Waals surface area contributed by atoms with Crippen molar-refractivity contribution in [1.29, 1.82) is 0 Å². The third kappa shape index (κ3) is 6.19. The van der Waals surface area contributed by atoms with Crippen molar-refractivity contribution in [3.63, 3.8) is 0 Å². The van der Waals surface area contributed by atoms with E-state index < -0.39 is 4.92 Å². The number of amides is 1. The lowest BCUT2D eigenvalue weighted by Crippen LogP contribution is -2.21. The fourth-order valence-electron chi connectivity index (χ4n) is 3.41. The Morgan fingerprint density at radius 3 is 2.35 bits per heavy atom. The van der Waals surface area contributed by atoms with E-state index in [-0.39, 0.29) is 17.3 Å². The monoisotopic (exact) mass is 516 g/mol. The van der Waals surface area contributed by atoms with Gasteiger partial charge in [0, 0.05) is 23.4 Å². The number of thioether (sulfide) groups is 1. The third-order valence-electron chi connectivity index (χ3n) is 5.45.